The molecule has 1 fully saturated rings. The monoisotopic (exact) mass is 594 g/mol. The molecule has 2 N–H and O–H groups in total. The number of hydrogen-bond acceptors (Lipinski definition) is 8. The van der Waals surface area contributed by atoms with Gasteiger partial charge in [-0.3, -0.25) is 4.79 Å². The third kappa shape index (κ3) is 6.42. The van der Waals surface area contributed by atoms with Gasteiger partial charge in [-0.25, -0.2) is 28.4 Å². The van der Waals surface area contributed by atoms with Crippen molar-refractivity contribution in [3.8, 4) is 11.3 Å². The van der Waals surface area contributed by atoms with Gasteiger partial charge in [-0.05, 0) is 79.0 Å². The quantitative estimate of drug-likeness (QED) is 0.378. The van der Waals surface area contributed by atoms with E-state index in [0.717, 1.165) is 23.3 Å². The van der Waals surface area contributed by atoms with Crippen LogP contribution in [0.2, 0.25) is 0 Å². The molecule has 0 bridgehead atoms. The van der Waals surface area contributed by atoms with Crippen molar-refractivity contribution in [3.05, 3.63) is 47.0 Å². The van der Waals surface area contributed by atoms with Gasteiger partial charge >= 0.3 is 12.2 Å². The number of carbonyl (C=O) groups excluding carboxylic acids is 3. The van der Waals surface area contributed by atoms with Crippen molar-refractivity contribution in [3.63, 3.8) is 0 Å². The summed E-state index contributed by atoms with van der Waals surface area (Å²) >= 11 is 0. The number of carbonyl (C=O) groups is 3. The minimum absolute atomic E-state index is 0.00242. The van der Waals surface area contributed by atoms with Gasteiger partial charge in [0.05, 0.1) is 35.6 Å². The molecule has 0 saturated heterocycles. The van der Waals surface area contributed by atoms with Crippen LogP contribution in [0, 0.1) is 12.7 Å². The lowest BCUT2D eigenvalue weighted by molar-refractivity contribution is 0.0247. The zero-order valence-corrected chi connectivity index (χ0v) is 25.7. The van der Waals surface area contributed by atoms with Crippen LogP contribution in [0.15, 0.2) is 24.5 Å². The predicted octanol–water partition coefficient (Wildman–Crippen LogP) is 5.98. The first kappa shape index (κ1) is 30.2. The van der Waals surface area contributed by atoms with Crippen molar-refractivity contribution in [1.29, 1.82) is 0 Å². The van der Waals surface area contributed by atoms with E-state index in [-0.39, 0.29) is 41.3 Å². The number of ether oxygens (including phenoxy) is 2. The summed E-state index contributed by atoms with van der Waals surface area (Å²) in [6.07, 6.45) is 5.07. The molecule has 1 saturated carbocycles. The van der Waals surface area contributed by atoms with E-state index in [2.05, 4.69) is 20.7 Å². The average Bonchev–Trinajstić information content (AvgIpc) is 3.46. The Morgan fingerprint density at radius 3 is 2.40 bits per heavy atom. The van der Waals surface area contributed by atoms with Gasteiger partial charge in [0.2, 0.25) is 0 Å². The molecule has 0 aromatic carbocycles. The Morgan fingerprint density at radius 1 is 1.05 bits per heavy atom. The molecule has 2 atom stereocenters. The molecule has 12 heteroatoms. The second-order valence-electron chi connectivity index (χ2n) is 13.2. The maximum atomic E-state index is 16.3. The fourth-order valence-electron chi connectivity index (χ4n) is 5.49. The summed E-state index contributed by atoms with van der Waals surface area (Å²) in [5.74, 6) is -1.48. The Hall–Kier alpha value is -4.22. The van der Waals surface area contributed by atoms with E-state index in [9.17, 15) is 14.4 Å². The first-order valence-electron chi connectivity index (χ1n) is 14.6. The van der Waals surface area contributed by atoms with E-state index >= 15 is 4.39 Å². The van der Waals surface area contributed by atoms with E-state index in [0.29, 0.717) is 23.9 Å². The third-order valence-corrected chi connectivity index (χ3v) is 7.35. The van der Waals surface area contributed by atoms with Gasteiger partial charge in [0.25, 0.3) is 5.91 Å². The summed E-state index contributed by atoms with van der Waals surface area (Å²) < 4.78 is 28.9. The molecule has 0 spiro atoms. The highest BCUT2D eigenvalue weighted by Gasteiger charge is 2.41. The highest BCUT2D eigenvalue weighted by atomic mass is 19.1. The Kier molecular flexibility index (Phi) is 7.82. The van der Waals surface area contributed by atoms with E-state index in [1.807, 2.05) is 19.1 Å². The molecule has 0 unspecified atom stereocenters. The number of nitrogens with one attached hydrogen (secondary N) is 2. The molecule has 3 aromatic rings. The molecule has 0 radical (unpaired) electrons. The van der Waals surface area contributed by atoms with Crippen LogP contribution in [-0.2, 0) is 16.0 Å². The van der Waals surface area contributed by atoms with Gasteiger partial charge in [0.1, 0.15) is 11.2 Å². The fraction of sp³-hybridized carbons (Fsp3) is 0.516. The van der Waals surface area contributed by atoms with Crippen LogP contribution in [0.4, 0.5) is 19.8 Å². The number of alkyl carbamates (subject to hydrolysis) is 1. The van der Waals surface area contributed by atoms with Crippen LogP contribution >= 0.6 is 0 Å². The molecule has 1 aliphatic carbocycles. The SMILES string of the molecule is Cc1ccn2ncc(-c3nc(N[C@@H]4CCCC[C@@H]4NC(=O)OC(C)(C)C)c(F)c4c3C(=O)N(C(=O)OC(C)(C)C)C4)c2c1. The molecular formula is C31H39FN6O5. The first-order chi connectivity index (χ1) is 20.1. The number of nitrogens with zero attached hydrogens (tertiary/aromatic N) is 4. The number of fused-ring (bicyclic) bond motifs is 2. The van der Waals surface area contributed by atoms with E-state index < -0.39 is 35.1 Å². The lowest BCUT2D eigenvalue weighted by Crippen LogP contribution is -2.50. The Labute approximate surface area is 250 Å². The molecule has 3 amide bonds. The van der Waals surface area contributed by atoms with Crippen LogP contribution in [0.3, 0.4) is 0 Å². The average molecular weight is 595 g/mol. The molecule has 3 aromatic heterocycles. The van der Waals surface area contributed by atoms with Crippen LogP contribution in [0.25, 0.3) is 16.8 Å². The highest BCUT2D eigenvalue weighted by molar-refractivity contribution is 6.11. The molecule has 1 aliphatic heterocycles. The number of halogens is 1. The van der Waals surface area contributed by atoms with Gasteiger partial charge in [-0.2, -0.15) is 5.10 Å². The number of anilines is 1. The molecule has 5 rings (SSSR count). The topological polar surface area (TPSA) is 127 Å². The second-order valence-corrected chi connectivity index (χ2v) is 13.2. The number of aryl methyl sites for hydroxylation is 1. The van der Waals surface area contributed by atoms with Crippen LogP contribution in [0.5, 0.6) is 0 Å². The van der Waals surface area contributed by atoms with Gasteiger partial charge in [0.15, 0.2) is 11.6 Å². The van der Waals surface area contributed by atoms with E-state index in [1.54, 1.807) is 58.5 Å². The fourth-order valence-corrected chi connectivity index (χ4v) is 5.49. The van der Waals surface area contributed by atoms with Crippen molar-refractivity contribution in [1.82, 2.24) is 24.8 Å². The summed E-state index contributed by atoms with van der Waals surface area (Å²) in [5, 5.41) is 10.6. The number of rotatable bonds is 4. The number of pyridine rings is 2. The lowest BCUT2D eigenvalue weighted by Gasteiger charge is -2.34. The summed E-state index contributed by atoms with van der Waals surface area (Å²) in [4.78, 5) is 44.9. The lowest BCUT2D eigenvalue weighted by atomic mass is 9.90. The van der Waals surface area contributed by atoms with Crippen molar-refractivity contribution in [2.24, 2.45) is 0 Å². The number of imide groups is 1. The zero-order chi connectivity index (χ0) is 31.3. The summed E-state index contributed by atoms with van der Waals surface area (Å²) in [6, 6.07) is 3.12. The number of amides is 3. The Bertz CT molecular complexity index is 1590. The summed E-state index contributed by atoms with van der Waals surface area (Å²) in [5.41, 5.74) is 0.904. The van der Waals surface area contributed by atoms with Gasteiger partial charge in [-0.1, -0.05) is 12.8 Å². The van der Waals surface area contributed by atoms with Crippen molar-refractivity contribution in [2.75, 3.05) is 5.32 Å². The molecule has 2 aliphatic rings. The smallest absolute Gasteiger partial charge is 0.417 e. The summed E-state index contributed by atoms with van der Waals surface area (Å²) in [7, 11) is 0. The van der Waals surface area contributed by atoms with Crippen LogP contribution < -0.4 is 10.6 Å². The van der Waals surface area contributed by atoms with Crippen molar-refractivity contribution < 1.29 is 28.2 Å². The van der Waals surface area contributed by atoms with Gasteiger partial charge in [-0.15, -0.1) is 0 Å². The zero-order valence-electron chi connectivity index (χ0n) is 25.7. The normalized spacial score (nSPS) is 18.9. The van der Waals surface area contributed by atoms with Crippen molar-refractivity contribution >= 4 is 29.4 Å². The Balaban J connectivity index is 1.56. The number of aromatic nitrogens is 3. The van der Waals surface area contributed by atoms with E-state index in [4.69, 9.17) is 9.47 Å². The molecule has 230 valence electrons. The van der Waals surface area contributed by atoms with E-state index in [1.165, 1.54) is 0 Å². The minimum atomic E-state index is -0.863. The van der Waals surface area contributed by atoms with Crippen molar-refractivity contribution in [2.45, 2.75) is 104 Å². The predicted molar refractivity (Wildman–Crippen MR) is 158 cm³/mol. The van der Waals surface area contributed by atoms with Gasteiger partial charge in [0, 0.05) is 23.4 Å². The van der Waals surface area contributed by atoms with Gasteiger partial charge < -0.3 is 20.1 Å². The molecule has 11 nitrogen and oxygen atoms in total. The third-order valence-electron chi connectivity index (χ3n) is 7.35. The molecular weight excluding hydrogens is 555 g/mol. The number of hydrogen-bond donors (Lipinski definition) is 2. The maximum Gasteiger partial charge on any atom is 0.417 e. The maximum absolute atomic E-state index is 16.3. The van der Waals surface area contributed by atoms with Crippen LogP contribution in [-0.4, -0.2) is 60.9 Å². The molecule has 4 heterocycles. The highest BCUT2D eigenvalue weighted by Crippen LogP contribution is 2.38. The molecule has 43 heavy (non-hydrogen) atoms. The minimum Gasteiger partial charge on any atom is -0.444 e. The van der Waals surface area contributed by atoms with Crippen LogP contribution in [0.1, 0.15) is 88.7 Å². The second kappa shape index (κ2) is 11.1. The Morgan fingerprint density at radius 2 is 1.72 bits per heavy atom. The standard InChI is InChI=1S/C31H39FN6O5/c1-17-12-13-38-22(14-17)18(15-33-38)25-23-19(16-37(27(23)39)29(41)43-31(5,6)7)24(32)26(36-25)34-20-10-8-9-11-21(20)35-28(40)42-30(2,3)4/h12-15,20-21H,8-11,16H2,1-7H3,(H,34,36)(H,35,40)/t20-,21+/m1/s1. The summed E-state index contributed by atoms with van der Waals surface area (Å²) in [6.45, 7) is 12.1. The largest absolute Gasteiger partial charge is 0.444 e. The first-order valence-corrected chi connectivity index (χ1v) is 14.6.